The third-order valence-electron chi connectivity index (χ3n) is 3.35. The molecule has 0 amide bonds. The molecular formula is C14H38N2O5Si2. The van der Waals surface area contributed by atoms with E-state index in [0.717, 1.165) is 44.7 Å². The van der Waals surface area contributed by atoms with E-state index in [1.165, 1.54) is 0 Å². The highest BCUT2D eigenvalue weighted by molar-refractivity contribution is 6.66. The van der Waals surface area contributed by atoms with Crippen molar-refractivity contribution in [2.24, 2.45) is 11.5 Å². The van der Waals surface area contributed by atoms with Gasteiger partial charge in [0, 0.05) is 40.6 Å². The van der Waals surface area contributed by atoms with Crippen LogP contribution in [0.15, 0.2) is 0 Å². The van der Waals surface area contributed by atoms with Crippen LogP contribution in [-0.2, 0) is 22.1 Å². The zero-order chi connectivity index (χ0) is 18.2. The van der Waals surface area contributed by atoms with Crippen molar-refractivity contribution in [3.63, 3.8) is 0 Å². The Morgan fingerprint density at radius 1 is 0.739 bits per heavy atom. The third-order valence-corrected chi connectivity index (χ3v) is 9.25. The summed E-state index contributed by atoms with van der Waals surface area (Å²) < 4.78 is 26.8. The Kier molecular flexibility index (Phi) is 17.3. The van der Waals surface area contributed by atoms with Gasteiger partial charge in [-0.15, -0.1) is 0 Å². The van der Waals surface area contributed by atoms with E-state index in [2.05, 4.69) is 6.55 Å². The Morgan fingerprint density at radius 3 is 1.43 bits per heavy atom. The second kappa shape index (κ2) is 15.7. The van der Waals surface area contributed by atoms with Gasteiger partial charge in [-0.1, -0.05) is 0 Å². The lowest BCUT2D eigenvalue weighted by Gasteiger charge is -2.25. The summed E-state index contributed by atoms with van der Waals surface area (Å²) in [6.45, 7) is 8.98. The highest BCUT2D eigenvalue weighted by Crippen LogP contribution is 2.15. The van der Waals surface area contributed by atoms with Crippen molar-refractivity contribution in [2.75, 3.05) is 47.6 Å². The normalized spacial score (nSPS) is 12.0. The van der Waals surface area contributed by atoms with Crippen molar-refractivity contribution >= 4 is 17.4 Å². The summed E-state index contributed by atoms with van der Waals surface area (Å²) in [5.74, 6) is 0. The maximum absolute atomic E-state index is 5.63. The summed E-state index contributed by atoms with van der Waals surface area (Å²) >= 11 is 0. The molecule has 0 bridgehead atoms. The molecule has 0 rings (SSSR count). The van der Waals surface area contributed by atoms with Crippen LogP contribution < -0.4 is 11.5 Å². The summed E-state index contributed by atoms with van der Waals surface area (Å²) in [6.07, 6.45) is 1.88. The Balaban J connectivity index is 0. The summed E-state index contributed by atoms with van der Waals surface area (Å²) in [6, 6.07) is 1.79. The molecule has 0 fully saturated rings. The van der Waals surface area contributed by atoms with Crippen LogP contribution in [0.5, 0.6) is 0 Å². The molecule has 9 heteroatoms. The van der Waals surface area contributed by atoms with Crippen LogP contribution in [0.1, 0.15) is 26.7 Å². The molecule has 0 aromatic rings. The molecule has 142 valence electrons. The van der Waals surface area contributed by atoms with Crippen LogP contribution in [0.2, 0.25) is 18.6 Å². The minimum atomic E-state index is -2.32. The summed E-state index contributed by atoms with van der Waals surface area (Å²) in [4.78, 5) is 0. The van der Waals surface area contributed by atoms with Crippen molar-refractivity contribution < 1.29 is 22.1 Å². The maximum Gasteiger partial charge on any atom is 0.500 e. The van der Waals surface area contributed by atoms with Crippen molar-refractivity contribution in [3.8, 4) is 0 Å². The topological polar surface area (TPSA) is 98.2 Å². The molecular weight excluding hydrogens is 332 g/mol. The van der Waals surface area contributed by atoms with Gasteiger partial charge in [0.05, 0.1) is 0 Å². The lowest BCUT2D eigenvalue weighted by atomic mass is 10.5. The number of hydrogen-bond donors (Lipinski definition) is 2. The summed E-state index contributed by atoms with van der Waals surface area (Å²) in [5.41, 5.74) is 10.8. The monoisotopic (exact) mass is 370 g/mol. The second-order valence-electron chi connectivity index (χ2n) is 5.08. The molecule has 0 aromatic heterocycles. The average Bonchev–Trinajstić information content (AvgIpc) is 2.56. The first-order valence-electron chi connectivity index (χ1n) is 8.26. The first-order valence-corrected chi connectivity index (χ1v) is 12.7. The largest absolute Gasteiger partial charge is 0.500 e. The molecule has 0 radical (unpaired) electrons. The molecule has 7 nitrogen and oxygen atoms in total. The minimum absolute atomic E-state index is 0.644. The summed E-state index contributed by atoms with van der Waals surface area (Å²) in [5, 5.41) is 0. The van der Waals surface area contributed by atoms with Crippen molar-refractivity contribution in [1.82, 2.24) is 0 Å². The standard InChI is InChI=1S/C8H21NO2Si.C6H17NO3Si/c1-4-10-12(3,11-5-2)8-6-7-9;1-8-11(9-2,10-3)6-4-5-7/h4-9H2,1-3H3;4-7H2,1-3H3. The number of rotatable bonds is 13. The Labute approximate surface area is 144 Å². The molecule has 4 N–H and O–H groups in total. The van der Waals surface area contributed by atoms with Gasteiger partial charge in [-0.2, -0.15) is 0 Å². The highest BCUT2D eigenvalue weighted by Gasteiger charge is 2.36. The van der Waals surface area contributed by atoms with Crippen LogP contribution >= 0.6 is 0 Å². The van der Waals surface area contributed by atoms with Gasteiger partial charge in [0.15, 0.2) is 0 Å². The Morgan fingerprint density at radius 2 is 1.13 bits per heavy atom. The smallest absolute Gasteiger partial charge is 0.395 e. The van der Waals surface area contributed by atoms with E-state index in [1.54, 1.807) is 21.3 Å². The average molecular weight is 371 g/mol. The van der Waals surface area contributed by atoms with Crippen molar-refractivity contribution in [1.29, 1.82) is 0 Å². The molecule has 23 heavy (non-hydrogen) atoms. The van der Waals surface area contributed by atoms with E-state index < -0.39 is 17.4 Å². The van der Waals surface area contributed by atoms with Gasteiger partial charge in [0.2, 0.25) is 0 Å². The van der Waals surface area contributed by atoms with Crippen LogP contribution in [-0.4, -0.2) is 65.0 Å². The summed E-state index contributed by atoms with van der Waals surface area (Å²) in [7, 11) is 0.652. The molecule has 0 saturated heterocycles. The van der Waals surface area contributed by atoms with Gasteiger partial charge in [-0.25, -0.2) is 0 Å². The van der Waals surface area contributed by atoms with E-state index in [4.69, 9.17) is 33.6 Å². The lowest BCUT2D eigenvalue weighted by molar-refractivity contribution is 0.123. The van der Waals surface area contributed by atoms with Crippen molar-refractivity contribution in [2.45, 2.75) is 45.3 Å². The molecule has 0 saturated carbocycles. The highest BCUT2D eigenvalue weighted by atomic mass is 28.4. The number of nitrogens with two attached hydrogens (primary N) is 2. The zero-order valence-corrected chi connectivity index (χ0v) is 17.9. The fourth-order valence-corrected chi connectivity index (χ4v) is 6.28. The molecule has 0 aliphatic heterocycles. The SMILES string of the molecule is CCO[Si](C)(CCCN)OCC.CO[Si](CCCN)(OC)OC. The van der Waals surface area contributed by atoms with E-state index in [0.29, 0.717) is 6.54 Å². The van der Waals surface area contributed by atoms with E-state index in [9.17, 15) is 0 Å². The first kappa shape index (κ1) is 25.4. The van der Waals surface area contributed by atoms with E-state index >= 15 is 0 Å². The fourth-order valence-electron chi connectivity index (χ4n) is 2.09. The van der Waals surface area contributed by atoms with Gasteiger partial charge >= 0.3 is 17.4 Å². The van der Waals surface area contributed by atoms with Crippen LogP contribution in [0.3, 0.4) is 0 Å². The molecule has 0 aromatic carbocycles. The zero-order valence-electron chi connectivity index (χ0n) is 15.9. The third kappa shape index (κ3) is 12.2. The number of hydrogen-bond acceptors (Lipinski definition) is 7. The van der Waals surface area contributed by atoms with Gasteiger partial charge in [-0.05, 0) is 52.4 Å². The molecule has 0 spiro atoms. The van der Waals surface area contributed by atoms with E-state index in [1.807, 2.05) is 13.8 Å². The van der Waals surface area contributed by atoms with Crippen LogP contribution in [0, 0.1) is 0 Å². The maximum atomic E-state index is 5.63. The Bertz CT molecular complexity index is 245. The first-order chi connectivity index (χ1) is 10.9. The van der Waals surface area contributed by atoms with Crippen LogP contribution in [0.4, 0.5) is 0 Å². The van der Waals surface area contributed by atoms with E-state index in [-0.39, 0.29) is 0 Å². The van der Waals surface area contributed by atoms with Gasteiger partial charge < -0.3 is 33.6 Å². The quantitative estimate of drug-likeness (QED) is 0.476. The predicted octanol–water partition coefficient (Wildman–Crippen LogP) is 1.69. The molecule has 0 unspecified atom stereocenters. The van der Waals surface area contributed by atoms with Gasteiger partial charge in [0.25, 0.3) is 0 Å². The molecule has 0 aliphatic rings. The fraction of sp³-hybridized carbons (Fsp3) is 1.00. The molecule has 0 heterocycles. The van der Waals surface area contributed by atoms with Crippen LogP contribution in [0.25, 0.3) is 0 Å². The van der Waals surface area contributed by atoms with Gasteiger partial charge in [-0.3, -0.25) is 0 Å². The molecule has 0 atom stereocenters. The predicted molar refractivity (Wildman–Crippen MR) is 98.6 cm³/mol. The lowest BCUT2D eigenvalue weighted by Crippen LogP contribution is -2.42. The second-order valence-corrected chi connectivity index (χ2v) is 11.5. The minimum Gasteiger partial charge on any atom is -0.395 e. The van der Waals surface area contributed by atoms with Gasteiger partial charge in [0.1, 0.15) is 0 Å². The van der Waals surface area contributed by atoms with Crippen molar-refractivity contribution in [3.05, 3.63) is 0 Å². The molecule has 0 aliphatic carbocycles. The Hall–Kier alpha value is 0.154.